The van der Waals surface area contributed by atoms with Gasteiger partial charge in [0, 0.05) is 53.5 Å². The van der Waals surface area contributed by atoms with Gasteiger partial charge in [-0.25, -0.2) is 0 Å². The highest BCUT2D eigenvalue weighted by Gasteiger charge is 2.40. The van der Waals surface area contributed by atoms with E-state index in [2.05, 4.69) is 36.9 Å². The van der Waals surface area contributed by atoms with Crippen LogP contribution in [0, 0.1) is 0 Å². The van der Waals surface area contributed by atoms with E-state index in [4.69, 9.17) is 49.8 Å². The lowest BCUT2D eigenvalue weighted by atomic mass is 10.0. The average Bonchev–Trinajstić information content (AvgIpc) is 0.939. The molecule has 11 amide bonds. The lowest BCUT2D eigenvalue weighted by molar-refractivity contribution is -0.142. The molecule has 4 rings (SSSR count). The SMILES string of the molecule is CC(=O)O.[2H]c1c([2H])c(C([2H])([2H])[C@@]2([2H])NC(=O)[C@@H](N)CSSC[C@@H](C(=O)N3CCCC3C(=O)N[C@H](CCCN=C(N)N)C(=O)NCC(N)=O)NC(=O)[C@@H](CC(N)=O)NC(=O)[C@@H](CCC(N)=O)NC(=O)[C@H](Cc3ccccc3)NC2=O)c([2H])c([2H])c1O. The summed E-state index contributed by atoms with van der Waals surface area (Å²) in [6.07, 6.45) is -6.18. The van der Waals surface area contributed by atoms with Crippen molar-refractivity contribution in [2.24, 2.45) is 39.4 Å². The highest BCUT2D eigenvalue weighted by molar-refractivity contribution is 8.76. The number of rotatable bonds is 19. The lowest BCUT2D eigenvalue weighted by Crippen LogP contribution is -2.61. The van der Waals surface area contributed by atoms with Gasteiger partial charge in [-0.05, 0) is 55.3 Å². The number of hydrogen-bond donors (Lipinski definition) is 15. The number of aliphatic imine (C=N–C) groups is 1. The molecule has 2 aliphatic rings. The second kappa shape index (κ2) is 33.2. The first-order valence-corrected chi connectivity index (χ1v) is 26.5. The third kappa shape index (κ3) is 23.9. The van der Waals surface area contributed by atoms with Crippen molar-refractivity contribution in [1.82, 2.24) is 42.1 Å². The zero-order valence-electron chi connectivity index (χ0n) is 49.6. The quantitative estimate of drug-likeness (QED) is 0.0270. The third-order valence-corrected chi connectivity index (χ3v) is 13.4. The maximum atomic E-state index is 14.7. The Labute approximate surface area is 471 Å². The largest absolute Gasteiger partial charge is 0.508 e. The number of carboxylic acids is 1. The Bertz CT molecular complexity index is 2890. The molecule has 31 heteroatoms. The van der Waals surface area contributed by atoms with Crippen LogP contribution in [0.3, 0.4) is 0 Å². The first-order valence-electron chi connectivity index (χ1n) is 27.5. The van der Waals surface area contributed by atoms with E-state index in [1.165, 1.54) is 24.3 Å². The zero-order chi connectivity index (χ0) is 65.0. The number of carbonyl (C=O) groups excluding carboxylic acids is 11. The van der Waals surface area contributed by atoms with E-state index in [0.29, 0.717) is 5.56 Å². The van der Waals surface area contributed by atoms with Gasteiger partial charge >= 0.3 is 0 Å². The summed E-state index contributed by atoms with van der Waals surface area (Å²) >= 11 is 0. The summed E-state index contributed by atoms with van der Waals surface area (Å²) in [4.78, 5) is 164. The van der Waals surface area contributed by atoms with Crippen LogP contribution < -0.4 is 71.6 Å². The number of carboxylic acid groups (broad SMARTS) is 1. The van der Waals surface area contributed by atoms with Crippen LogP contribution in [0.2, 0.25) is 0 Å². The van der Waals surface area contributed by atoms with Gasteiger partial charge in [-0.2, -0.15) is 0 Å². The maximum absolute atomic E-state index is 14.7. The van der Waals surface area contributed by atoms with Gasteiger partial charge in [0.1, 0.15) is 48.0 Å². The Morgan fingerprint density at radius 1 is 0.810 bits per heavy atom. The molecule has 21 N–H and O–H groups in total. The molecular weight excluding hydrogens is 1070 g/mol. The van der Waals surface area contributed by atoms with Crippen LogP contribution in [0.15, 0.2) is 59.5 Å². The van der Waals surface area contributed by atoms with Crippen LogP contribution in [-0.2, 0) is 70.3 Å². The van der Waals surface area contributed by atoms with Gasteiger partial charge in [0.25, 0.3) is 5.97 Å². The molecule has 8 atom stereocenters. The summed E-state index contributed by atoms with van der Waals surface area (Å²) in [5.74, 6) is -16.0. The fraction of sp³-hybridized carbons (Fsp3) is 0.479. The fourth-order valence-corrected chi connectivity index (χ4v) is 9.53. The van der Waals surface area contributed by atoms with Crippen LogP contribution in [0.5, 0.6) is 5.75 Å². The number of phenols is 1. The first-order chi connectivity index (χ1) is 40.1. The van der Waals surface area contributed by atoms with E-state index < -0.39 is 205 Å². The molecule has 2 aliphatic heterocycles. The Morgan fingerprint density at radius 2 is 1.42 bits per heavy atom. The van der Waals surface area contributed by atoms with Crippen molar-refractivity contribution in [3.05, 3.63) is 65.6 Å². The predicted octanol–water partition coefficient (Wildman–Crippen LogP) is -5.31. The summed E-state index contributed by atoms with van der Waals surface area (Å²) in [5.41, 5.74) is 32.2. The molecule has 1 unspecified atom stereocenters. The Morgan fingerprint density at radius 3 is 2.04 bits per heavy atom. The minimum Gasteiger partial charge on any atom is -0.508 e. The molecule has 0 aliphatic carbocycles. The van der Waals surface area contributed by atoms with Gasteiger partial charge in [-0.15, -0.1) is 0 Å². The Hall–Kier alpha value is -8.19. The monoisotopic (exact) mass is 1150 g/mol. The molecular formula is C48H69N15O14S2. The number of amides is 11. The summed E-state index contributed by atoms with van der Waals surface area (Å²) in [6.45, 7) is 0.438. The molecule has 2 saturated heterocycles. The number of guanidine groups is 1. The third-order valence-electron chi connectivity index (χ3n) is 11.0. The molecule has 0 bridgehead atoms. The second-order valence-electron chi connectivity index (χ2n) is 17.4. The number of likely N-dealkylation sites (tertiary alicyclic amines) is 1. The summed E-state index contributed by atoms with van der Waals surface area (Å²) in [7, 11) is 1.53. The van der Waals surface area contributed by atoms with Crippen molar-refractivity contribution in [1.29, 1.82) is 0 Å². The van der Waals surface area contributed by atoms with Gasteiger partial charge in [-0.3, -0.25) is 62.5 Å². The van der Waals surface area contributed by atoms with Gasteiger partial charge in [0.2, 0.25) is 65.0 Å². The van der Waals surface area contributed by atoms with Crippen molar-refractivity contribution >= 4 is 98.5 Å². The number of primary amides is 3. The van der Waals surface area contributed by atoms with Crippen molar-refractivity contribution in [2.75, 3.05) is 31.1 Å². The molecule has 0 spiro atoms. The van der Waals surface area contributed by atoms with Crippen LogP contribution in [0.25, 0.3) is 0 Å². The van der Waals surface area contributed by atoms with Crippen LogP contribution in [-0.4, -0.2) is 171 Å². The molecule has 0 aromatic heterocycles. The average molecular weight is 1150 g/mol. The molecule has 2 heterocycles. The van der Waals surface area contributed by atoms with E-state index in [1.807, 2.05) is 5.32 Å². The highest BCUT2D eigenvalue weighted by Crippen LogP contribution is 2.26. The Balaban J connectivity index is 0.00000468. The molecule has 2 aromatic rings. The highest BCUT2D eigenvalue weighted by atomic mass is 33.1. The summed E-state index contributed by atoms with van der Waals surface area (Å²) in [5, 5.41) is 33.7. The predicted molar refractivity (Wildman–Crippen MR) is 289 cm³/mol. The zero-order valence-corrected chi connectivity index (χ0v) is 44.2. The fourth-order valence-electron chi connectivity index (χ4n) is 7.26. The van der Waals surface area contributed by atoms with Crippen LogP contribution >= 0.6 is 21.6 Å². The molecule has 79 heavy (non-hydrogen) atoms. The number of benzene rings is 2. The maximum Gasteiger partial charge on any atom is 0.300 e. The van der Waals surface area contributed by atoms with Gasteiger partial charge in [-0.1, -0.05) is 64.0 Å². The van der Waals surface area contributed by atoms with E-state index in [1.54, 1.807) is 6.07 Å². The Kier molecular flexibility index (Phi) is 22.8. The normalized spacial score (nSPS) is 24.2. The number of hydrogen-bond acceptors (Lipinski definition) is 17. The summed E-state index contributed by atoms with van der Waals surface area (Å²) in [6, 6.07) is -12.9. The molecule has 432 valence electrons. The lowest BCUT2D eigenvalue weighted by Gasteiger charge is -2.31. The molecule has 29 nitrogen and oxygen atoms in total. The number of carbonyl (C=O) groups is 12. The minimum atomic E-state index is -3.81. The van der Waals surface area contributed by atoms with Crippen molar-refractivity contribution in [3.63, 3.8) is 0 Å². The number of aliphatic carboxylic acids is 1. The van der Waals surface area contributed by atoms with Gasteiger partial charge in [0.15, 0.2) is 5.96 Å². The van der Waals surface area contributed by atoms with E-state index in [-0.39, 0.29) is 44.7 Å². The number of phenolic OH excluding ortho intramolecular Hbond substituents is 1. The molecule has 2 fully saturated rings. The van der Waals surface area contributed by atoms with E-state index in [9.17, 15) is 62.0 Å². The van der Waals surface area contributed by atoms with E-state index >= 15 is 0 Å². The number of aromatic hydroxyl groups is 1. The number of nitrogens with one attached hydrogen (secondary N) is 7. The topological polar surface area (TPSA) is 501 Å². The van der Waals surface area contributed by atoms with Crippen molar-refractivity contribution < 1.29 is 77.3 Å². The smallest absolute Gasteiger partial charge is 0.300 e. The minimum absolute atomic E-state index is 0.0274. The van der Waals surface area contributed by atoms with Gasteiger partial charge < -0.3 is 86.7 Å². The number of nitrogens with two attached hydrogens (primary N) is 6. The first kappa shape index (κ1) is 54.2. The molecule has 0 radical (unpaired) electrons. The second-order valence-corrected chi connectivity index (χ2v) is 19.9. The van der Waals surface area contributed by atoms with Crippen molar-refractivity contribution in [3.8, 4) is 5.75 Å². The molecule has 0 saturated carbocycles. The molecule has 2 aromatic carbocycles. The van der Waals surface area contributed by atoms with Crippen molar-refractivity contribution in [2.45, 2.75) is 113 Å². The standard InChI is InChI=1S/C46H65N15O12S2.C2H4O2/c47-27-22-74-75-23-33(45(73)61-17-5-9-34(61)44(72)56-28(8-4-16-53-46(51)52)39(67)54-21-37(50)65)60-43(71)32(20-36(49)64)59-40(68)29(14-15-35(48)63)55-41(69)31(18-24-6-2-1-3-7-24)58-42(70)30(57-38(27)66)19-25-10-12-26(62)13-11-25;1-2(3)4/h1-3,6-7,10-13,27-34,62H,4-5,8-9,14-23,47H2,(H2,48,63)(H2,49,64)(H2,50,65)(H,54,67)(H,55,69)(H,56,72)(H,57,66)(H,58,70)(H,59,68)(H,60,71)(H4,51,52,53);1H3,(H,3,4)/t27-,28+,29+,30+,31-,32+,33-,34?;/m0./s1/i10D,11D,12D,13D,19D2,30D;. The number of nitrogens with zero attached hydrogens (tertiary/aromatic N) is 2. The van der Waals surface area contributed by atoms with Crippen LogP contribution in [0.1, 0.15) is 72.6 Å². The summed E-state index contributed by atoms with van der Waals surface area (Å²) < 4.78 is 61.3. The van der Waals surface area contributed by atoms with Gasteiger partial charge in [0.05, 0.1) is 25.9 Å². The van der Waals surface area contributed by atoms with E-state index in [0.717, 1.165) is 33.4 Å². The van der Waals surface area contributed by atoms with Crippen LogP contribution in [0.4, 0.5) is 0 Å².